The van der Waals surface area contributed by atoms with Crippen molar-refractivity contribution in [2.75, 3.05) is 11.9 Å². The Morgan fingerprint density at radius 1 is 1.12 bits per heavy atom. The largest absolute Gasteiger partial charge is 0.392 e. The molecule has 1 aliphatic heterocycles. The molecule has 6 nitrogen and oxygen atoms in total. The van der Waals surface area contributed by atoms with Crippen LogP contribution >= 0.6 is 0 Å². The van der Waals surface area contributed by atoms with Crippen molar-refractivity contribution in [3.63, 3.8) is 0 Å². The van der Waals surface area contributed by atoms with Crippen molar-refractivity contribution in [1.29, 1.82) is 0 Å². The van der Waals surface area contributed by atoms with Crippen molar-refractivity contribution in [3.05, 3.63) is 65.7 Å². The lowest BCUT2D eigenvalue weighted by atomic mass is 9.89. The molecular formula is C26H33N3O3. The molecular weight excluding hydrogens is 402 g/mol. The number of aliphatic hydroxyl groups is 1. The summed E-state index contributed by atoms with van der Waals surface area (Å²) in [4.78, 5) is 32.8. The molecule has 0 radical (unpaired) electrons. The molecule has 0 fully saturated rings. The average Bonchev–Trinajstić information content (AvgIpc) is 2.89. The Labute approximate surface area is 190 Å². The Hall–Kier alpha value is -2.99. The molecule has 2 amide bonds. The third-order valence-corrected chi connectivity index (χ3v) is 5.78. The number of amides is 2. The van der Waals surface area contributed by atoms with E-state index in [1.807, 2.05) is 75.4 Å². The molecule has 0 aromatic heterocycles. The lowest BCUT2D eigenvalue weighted by Gasteiger charge is -2.26. The number of anilines is 1. The molecule has 1 aliphatic rings. The molecule has 2 N–H and O–H groups in total. The number of likely N-dealkylation sites (N-methyl/N-ethyl adjacent to an activating group) is 1. The molecule has 170 valence electrons. The molecule has 0 spiro atoms. The Balaban J connectivity index is 2.00. The van der Waals surface area contributed by atoms with Crippen molar-refractivity contribution in [1.82, 2.24) is 5.32 Å². The number of nitrogens with one attached hydrogen (secondary N) is 1. The van der Waals surface area contributed by atoms with Gasteiger partial charge in [-0.05, 0) is 24.8 Å². The summed E-state index contributed by atoms with van der Waals surface area (Å²) in [5, 5.41) is 13.5. The van der Waals surface area contributed by atoms with Gasteiger partial charge in [0, 0.05) is 18.2 Å². The third kappa shape index (κ3) is 5.25. The van der Waals surface area contributed by atoms with Crippen LogP contribution in [0, 0.1) is 11.8 Å². The van der Waals surface area contributed by atoms with Gasteiger partial charge in [-0.2, -0.15) is 0 Å². The number of fused-ring (bicyclic) bond motifs is 1. The zero-order valence-electron chi connectivity index (χ0n) is 19.3. The fraction of sp³-hybridized carbons (Fsp3) is 0.423. The summed E-state index contributed by atoms with van der Waals surface area (Å²) in [6.07, 6.45) is 0.0288. The van der Waals surface area contributed by atoms with Crippen LogP contribution in [0.5, 0.6) is 0 Å². The number of carbonyl (C=O) groups excluding carboxylic acids is 2. The van der Waals surface area contributed by atoms with Gasteiger partial charge in [-0.3, -0.25) is 9.59 Å². The highest BCUT2D eigenvalue weighted by Crippen LogP contribution is 2.27. The van der Waals surface area contributed by atoms with Crippen LogP contribution in [0.1, 0.15) is 51.2 Å². The standard InChI is InChI=1S/C26H33N3O3/c1-5-11-22(30)20(16-17(2)3)25(31)28-24-26(32)29(4)21-15-10-9-14-19(21)23(27-24)18-12-7-6-8-13-18/h6-10,12-15,17,20,22,24,30H,5,11,16H2,1-4H3,(H,28,31)/t20-,22+,24?/m1/s1. The normalized spacial score (nSPS) is 17.9. The molecule has 2 aromatic rings. The summed E-state index contributed by atoms with van der Waals surface area (Å²) < 4.78 is 0. The van der Waals surface area contributed by atoms with Crippen molar-refractivity contribution < 1.29 is 14.7 Å². The minimum atomic E-state index is -1.07. The van der Waals surface area contributed by atoms with E-state index in [2.05, 4.69) is 5.32 Å². The van der Waals surface area contributed by atoms with E-state index in [0.29, 0.717) is 18.6 Å². The van der Waals surface area contributed by atoms with Gasteiger partial charge in [-0.15, -0.1) is 0 Å². The summed E-state index contributed by atoms with van der Waals surface area (Å²) in [6.45, 7) is 6.02. The fourth-order valence-corrected chi connectivity index (χ4v) is 4.13. The van der Waals surface area contributed by atoms with E-state index in [4.69, 9.17) is 4.99 Å². The van der Waals surface area contributed by atoms with Gasteiger partial charge in [0.05, 0.1) is 23.4 Å². The second-order valence-electron chi connectivity index (χ2n) is 8.76. The second-order valence-corrected chi connectivity index (χ2v) is 8.76. The minimum Gasteiger partial charge on any atom is -0.392 e. The molecule has 32 heavy (non-hydrogen) atoms. The monoisotopic (exact) mass is 435 g/mol. The van der Waals surface area contributed by atoms with Crippen LogP contribution in [-0.2, 0) is 9.59 Å². The number of benzodiazepines with no additional fused rings is 1. The van der Waals surface area contributed by atoms with Crippen molar-refractivity contribution in [3.8, 4) is 0 Å². The quantitative estimate of drug-likeness (QED) is 0.662. The number of aliphatic imine (C=N–C) groups is 1. The summed E-state index contributed by atoms with van der Waals surface area (Å²) in [5.41, 5.74) is 3.09. The maximum absolute atomic E-state index is 13.3. The first-order chi connectivity index (χ1) is 15.3. The number of rotatable bonds is 8. The number of aliphatic hydroxyl groups excluding tert-OH is 1. The van der Waals surface area contributed by atoms with Gasteiger partial charge in [0.25, 0.3) is 5.91 Å². The van der Waals surface area contributed by atoms with Crippen LogP contribution in [0.2, 0.25) is 0 Å². The van der Waals surface area contributed by atoms with Crippen molar-refractivity contribution >= 4 is 23.2 Å². The number of benzene rings is 2. The Kier molecular flexibility index (Phi) is 7.80. The SMILES string of the molecule is CCC[C@H](O)[C@@H](CC(C)C)C(=O)NC1N=C(c2ccccc2)c2ccccc2N(C)C1=O. The van der Waals surface area contributed by atoms with Gasteiger partial charge in [0.2, 0.25) is 12.1 Å². The Morgan fingerprint density at radius 3 is 2.44 bits per heavy atom. The van der Waals surface area contributed by atoms with E-state index >= 15 is 0 Å². The van der Waals surface area contributed by atoms with Crippen molar-refractivity contribution in [2.24, 2.45) is 16.8 Å². The first-order valence-corrected chi connectivity index (χ1v) is 11.3. The predicted octanol–water partition coefficient (Wildman–Crippen LogP) is 3.77. The molecule has 0 bridgehead atoms. The number of hydrogen-bond acceptors (Lipinski definition) is 4. The molecule has 0 aliphatic carbocycles. The topological polar surface area (TPSA) is 82.0 Å². The summed E-state index contributed by atoms with van der Waals surface area (Å²) in [6, 6.07) is 17.2. The molecule has 6 heteroatoms. The minimum absolute atomic E-state index is 0.234. The number of nitrogens with zero attached hydrogens (tertiary/aromatic N) is 2. The maximum Gasteiger partial charge on any atom is 0.272 e. The summed E-state index contributed by atoms with van der Waals surface area (Å²) >= 11 is 0. The van der Waals surface area contributed by atoms with Gasteiger partial charge in [0.1, 0.15) is 0 Å². The average molecular weight is 436 g/mol. The first kappa shape index (κ1) is 23.7. The van der Waals surface area contributed by atoms with Crippen LogP contribution in [0.3, 0.4) is 0 Å². The zero-order chi connectivity index (χ0) is 23.3. The predicted molar refractivity (Wildman–Crippen MR) is 128 cm³/mol. The van der Waals surface area contributed by atoms with E-state index in [0.717, 1.165) is 23.2 Å². The van der Waals surface area contributed by atoms with Gasteiger partial charge in [0.15, 0.2) is 0 Å². The molecule has 2 aromatic carbocycles. The maximum atomic E-state index is 13.3. The van der Waals surface area contributed by atoms with Gasteiger partial charge in [-0.1, -0.05) is 75.7 Å². The number of carbonyl (C=O) groups is 2. The zero-order valence-corrected chi connectivity index (χ0v) is 19.3. The molecule has 0 saturated carbocycles. The van der Waals surface area contributed by atoms with Crippen LogP contribution < -0.4 is 10.2 Å². The molecule has 1 heterocycles. The molecule has 0 saturated heterocycles. The van der Waals surface area contributed by atoms with Crippen LogP contribution in [0.4, 0.5) is 5.69 Å². The third-order valence-electron chi connectivity index (χ3n) is 5.78. The lowest BCUT2D eigenvalue weighted by Crippen LogP contribution is -2.49. The smallest absolute Gasteiger partial charge is 0.272 e. The highest BCUT2D eigenvalue weighted by atomic mass is 16.3. The Morgan fingerprint density at radius 2 is 1.78 bits per heavy atom. The van der Waals surface area contributed by atoms with E-state index < -0.39 is 18.2 Å². The van der Waals surface area contributed by atoms with Gasteiger partial charge in [-0.25, -0.2) is 4.99 Å². The van der Waals surface area contributed by atoms with E-state index in [-0.39, 0.29) is 17.7 Å². The van der Waals surface area contributed by atoms with Crippen molar-refractivity contribution in [2.45, 2.75) is 52.3 Å². The van der Waals surface area contributed by atoms with Crippen LogP contribution in [-0.4, -0.2) is 41.9 Å². The fourth-order valence-electron chi connectivity index (χ4n) is 4.13. The second kappa shape index (κ2) is 10.6. The lowest BCUT2D eigenvalue weighted by molar-refractivity contribution is -0.133. The number of hydrogen-bond donors (Lipinski definition) is 2. The first-order valence-electron chi connectivity index (χ1n) is 11.3. The van der Waals surface area contributed by atoms with Gasteiger partial charge < -0.3 is 15.3 Å². The number of para-hydroxylation sites is 1. The van der Waals surface area contributed by atoms with Crippen LogP contribution in [0.15, 0.2) is 59.6 Å². The Bertz CT molecular complexity index is 971. The molecule has 3 atom stereocenters. The van der Waals surface area contributed by atoms with E-state index in [1.165, 1.54) is 0 Å². The van der Waals surface area contributed by atoms with E-state index in [9.17, 15) is 14.7 Å². The molecule has 1 unspecified atom stereocenters. The van der Waals surface area contributed by atoms with Gasteiger partial charge >= 0.3 is 0 Å². The van der Waals surface area contributed by atoms with E-state index in [1.54, 1.807) is 11.9 Å². The highest BCUT2D eigenvalue weighted by molar-refractivity contribution is 6.20. The summed E-state index contributed by atoms with van der Waals surface area (Å²) in [7, 11) is 1.70. The highest BCUT2D eigenvalue weighted by Gasteiger charge is 2.34. The van der Waals surface area contributed by atoms with Crippen LogP contribution in [0.25, 0.3) is 0 Å². The summed E-state index contributed by atoms with van der Waals surface area (Å²) in [5.74, 6) is -1.01. The molecule has 3 rings (SSSR count).